The largest absolute Gasteiger partial charge is 0.508 e. The molecule has 0 bridgehead atoms. The second-order valence-corrected chi connectivity index (χ2v) is 15.5. The van der Waals surface area contributed by atoms with E-state index >= 15 is 0 Å². The Labute approximate surface area is 329 Å². The molecule has 1 aromatic rings. The third kappa shape index (κ3) is 11.8. The van der Waals surface area contributed by atoms with Crippen molar-refractivity contribution in [3.63, 3.8) is 0 Å². The number of nitrogens with zero attached hydrogens (tertiary/aromatic N) is 2. The summed E-state index contributed by atoms with van der Waals surface area (Å²) in [6, 6.07) is 4.61. The van der Waals surface area contributed by atoms with Crippen molar-refractivity contribution in [3.8, 4) is 11.5 Å². The average Bonchev–Trinajstić information content (AvgIpc) is 3.18. The molecule has 2 aliphatic carbocycles. The third-order valence-corrected chi connectivity index (χ3v) is 11.8. The van der Waals surface area contributed by atoms with E-state index in [9.17, 15) is 25.2 Å². The molecule has 1 aliphatic heterocycles. The number of aliphatic hydroxyl groups excluding tert-OH is 3. The molecule has 1 amide bonds. The number of rotatable bonds is 28. The molecular formula is C44H70N2O9. The Balaban J connectivity index is 1.80. The van der Waals surface area contributed by atoms with Gasteiger partial charge in [0, 0.05) is 44.1 Å². The van der Waals surface area contributed by atoms with Gasteiger partial charge in [-0.3, -0.25) is 4.79 Å². The van der Waals surface area contributed by atoms with Crippen molar-refractivity contribution >= 4 is 11.6 Å². The minimum atomic E-state index is -1.35. The predicted molar refractivity (Wildman–Crippen MR) is 215 cm³/mol. The first-order valence-electron chi connectivity index (χ1n) is 21.2. The fourth-order valence-corrected chi connectivity index (χ4v) is 9.28. The molecule has 0 saturated heterocycles. The second kappa shape index (κ2) is 24.0. The number of unbranched alkanes of at least 4 members (excludes halogenated alkanes) is 10. The lowest BCUT2D eigenvalue weighted by molar-refractivity contribution is -0.258. The molecule has 4 N–H and O–H groups in total. The zero-order chi connectivity index (χ0) is 39.5. The molecule has 4 rings (SSSR count). The quantitative estimate of drug-likeness (QED) is 0.0388. The Morgan fingerprint density at radius 3 is 2.35 bits per heavy atom. The summed E-state index contributed by atoms with van der Waals surface area (Å²) >= 11 is 0. The Bertz CT molecular complexity index is 1370. The normalized spacial score (nSPS) is 24.8. The Hall–Kier alpha value is -2.96. The van der Waals surface area contributed by atoms with Gasteiger partial charge >= 0.3 is 0 Å². The van der Waals surface area contributed by atoms with Crippen molar-refractivity contribution in [1.82, 2.24) is 4.90 Å². The van der Waals surface area contributed by atoms with Gasteiger partial charge in [-0.05, 0) is 67.7 Å². The topological polar surface area (TPSA) is 151 Å². The number of aliphatic hydroxyl groups is 3. The molecule has 1 saturated carbocycles. The first-order chi connectivity index (χ1) is 26.9. The Morgan fingerprint density at radius 1 is 0.964 bits per heavy atom. The van der Waals surface area contributed by atoms with Gasteiger partial charge in [0.15, 0.2) is 0 Å². The van der Waals surface area contributed by atoms with E-state index < -0.39 is 17.7 Å². The first kappa shape index (κ1) is 44.8. The maximum absolute atomic E-state index is 14.6. The third-order valence-electron chi connectivity index (χ3n) is 11.8. The van der Waals surface area contributed by atoms with Crippen molar-refractivity contribution in [1.29, 1.82) is 0 Å². The zero-order valence-corrected chi connectivity index (χ0v) is 33.7. The summed E-state index contributed by atoms with van der Waals surface area (Å²) in [6.07, 6.45) is 19.7. The van der Waals surface area contributed by atoms with E-state index in [1.165, 1.54) is 45.6 Å². The van der Waals surface area contributed by atoms with Crippen LogP contribution in [0.4, 0.5) is 0 Å². The van der Waals surface area contributed by atoms with Crippen LogP contribution in [0, 0.1) is 17.8 Å². The number of ether oxygens (including phenoxy) is 3. The van der Waals surface area contributed by atoms with Crippen molar-refractivity contribution in [3.05, 3.63) is 48.1 Å². The number of benzene rings is 1. The van der Waals surface area contributed by atoms with Gasteiger partial charge in [0.2, 0.25) is 11.7 Å². The number of carbonyl (C=O) groups is 1. The molecule has 1 aromatic carbocycles. The molecule has 11 nitrogen and oxygen atoms in total. The number of hydrogen-bond acceptors (Lipinski definition) is 10. The van der Waals surface area contributed by atoms with Crippen LogP contribution in [0.1, 0.15) is 128 Å². The minimum absolute atomic E-state index is 0.0137. The van der Waals surface area contributed by atoms with Crippen LogP contribution in [0.15, 0.2) is 47.7 Å². The zero-order valence-electron chi connectivity index (χ0n) is 33.7. The van der Waals surface area contributed by atoms with Gasteiger partial charge in [0.1, 0.15) is 24.7 Å². The number of aromatic hydroxyl groups is 1. The van der Waals surface area contributed by atoms with Crippen molar-refractivity contribution in [2.24, 2.45) is 22.9 Å². The van der Waals surface area contributed by atoms with Crippen LogP contribution in [-0.2, 0) is 19.1 Å². The van der Waals surface area contributed by atoms with Crippen LogP contribution >= 0.6 is 0 Å². The van der Waals surface area contributed by atoms with E-state index in [2.05, 4.69) is 24.7 Å². The molecule has 0 radical (unpaired) electrons. The number of hydrogen-bond donors (Lipinski definition) is 4. The van der Waals surface area contributed by atoms with Crippen molar-refractivity contribution in [2.75, 3.05) is 53.3 Å². The number of amides is 1. The Morgan fingerprint density at radius 2 is 1.67 bits per heavy atom. The predicted octanol–water partition coefficient (Wildman–Crippen LogP) is 7.41. The minimum Gasteiger partial charge on any atom is -0.508 e. The maximum Gasteiger partial charge on any atom is 0.239 e. The van der Waals surface area contributed by atoms with Gasteiger partial charge in [-0.25, -0.2) is 0 Å². The molecule has 1 heterocycles. The van der Waals surface area contributed by atoms with Crippen molar-refractivity contribution in [2.45, 2.75) is 134 Å². The highest BCUT2D eigenvalue weighted by atomic mass is 16.7. The van der Waals surface area contributed by atoms with Gasteiger partial charge in [-0.1, -0.05) is 88.4 Å². The van der Waals surface area contributed by atoms with Crippen LogP contribution < -0.4 is 4.74 Å². The van der Waals surface area contributed by atoms with Crippen LogP contribution in [0.25, 0.3) is 0 Å². The number of phenols is 1. The SMILES string of the molecule is C=CCO[C@@]12Oc3ccc(O)cc3[C@H]3[C@H](CCCCO)[C@@H](CCCCO)C=C(C(=NOC)C[C@@H]1N(CCOCCO)C(=O)CCCCCCCCCCC)[C@H]32. The van der Waals surface area contributed by atoms with Gasteiger partial charge in [-0.15, -0.1) is 6.58 Å². The monoisotopic (exact) mass is 771 g/mol. The molecule has 1 fully saturated rings. The molecule has 0 unspecified atom stereocenters. The number of allylic oxidation sites excluding steroid dienone is 1. The maximum atomic E-state index is 14.6. The standard InChI is InChI=1S/C44H70N2O9/c1-4-6-7-8-9-10-11-12-13-20-41(51)46(23-28-53-29-26-49)40-32-38(45-52-3)36-30-33(18-14-16-24-47)35(19-15-17-25-48)42-37-31-34(50)21-22-39(37)55-44(40,43(36)42)54-27-5-2/h5,21-22,30-31,33,35,40,42-43,47-50H,2,4,6-20,23-29,32H2,1,3H3/t33-,35+,40-,42+,43+,44+/m0/s1. The van der Waals surface area contributed by atoms with E-state index in [-0.39, 0.29) is 75.6 Å². The van der Waals surface area contributed by atoms with Crippen molar-refractivity contribution < 1.29 is 44.3 Å². The number of phenolic OH excluding ortho intramolecular Hbond substituents is 1. The second-order valence-electron chi connectivity index (χ2n) is 15.5. The van der Waals surface area contributed by atoms with Gasteiger partial charge in [0.05, 0.1) is 38.1 Å². The highest BCUT2D eigenvalue weighted by Gasteiger charge is 2.65. The van der Waals surface area contributed by atoms with Crippen LogP contribution in [0.3, 0.4) is 0 Å². The fourth-order valence-electron chi connectivity index (χ4n) is 9.28. The summed E-state index contributed by atoms with van der Waals surface area (Å²) in [5, 5.41) is 44.5. The average molecular weight is 771 g/mol. The highest BCUT2D eigenvalue weighted by molar-refractivity contribution is 6.03. The lowest BCUT2D eigenvalue weighted by atomic mass is 9.55. The number of fused-ring (bicyclic) bond motifs is 2. The lowest BCUT2D eigenvalue weighted by Crippen LogP contribution is -2.70. The molecule has 3 aliphatic rings. The molecule has 55 heavy (non-hydrogen) atoms. The molecular weight excluding hydrogens is 700 g/mol. The smallest absolute Gasteiger partial charge is 0.239 e. The van der Waals surface area contributed by atoms with Gasteiger partial charge in [-0.2, -0.15) is 0 Å². The van der Waals surface area contributed by atoms with Crippen LogP contribution in [0.5, 0.6) is 11.5 Å². The first-order valence-corrected chi connectivity index (χ1v) is 21.2. The summed E-state index contributed by atoms with van der Waals surface area (Å²) in [4.78, 5) is 22.0. The number of carbonyl (C=O) groups excluding carboxylic acids is 1. The van der Waals surface area contributed by atoms with E-state index in [1.54, 1.807) is 24.3 Å². The Kier molecular flexibility index (Phi) is 19.5. The van der Waals surface area contributed by atoms with Crippen LogP contribution in [0.2, 0.25) is 0 Å². The van der Waals surface area contributed by atoms with E-state index in [0.29, 0.717) is 31.4 Å². The summed E-state index contributed by atoms with van der Waals surface area (Å²) in [5.74, 6) is -1.05. The summed E-state index contributed by atoms with van der Waals surface area (Å²) < 4.78 is 19.9. The van der Waals surface area contributed by atoms with Gasteiger partial charge in [0.25, 0.3) is 0 Å². The summed E-state index contributed by atoms with van der Waals surface area (Å²) in [5.41, 5.74) is 2.56. The molecule has 310 valence electrons. The van der Waals surface area contributed by atoms with E-state index in [0.717, 1.165) is 61.8 Å². The molecule has 0 aromatic heterocycles. The molecule has 11 heteroatoms. The lowest BCUT2D eigenvalue weighted by Gasteiger charge is -2.60. The highest BCUT2D eigenvalue weighted by Crippen LogP contribution is 2.61. The summed E-state index contributed by atoms with van der Waals surface area (Å²) in [7, 11) is 1.54. The molecule has 6 atom stereocenters. The van der Waals surface area contributed by atoms with E-state index in [1.807, 2.05) is 4.90 Å². The fraction of sp³-hybridized carbons (Fsp3) is 0.727. The van der Waals surface area contributed by atoms with E-state index in [4.69, 9.17) is 19.0 Å². The summed E-state index contributed by atoms with van der Waals surface area (Å²) in [6.45, 7) is 7.17. The van der Waals surface area contributed by atoms with Gasteiger partial charge < -0.3 is 44.4 Å². The van der Waals surface area contributed by atoms with Crippen LogP contribution in [-0.4, -0.2) is 102 Å². The molecule has 0 spiro atoms. The number of oxime groups is 1.